The molecule has 0 fully saturated rings. The molecule has 0 saturated heterocycles. The SMILES string of the molecule is CCCNC(Cc1cccc(Br)c1)c1ccc(F)c(Cl)c1. The van der Waals surface area contributed by atoms with Gasteiger partial charge in [-0.15, -0.1) is 0 Å². The fraction of sp³-hybridized carbons (Fsp3) is 0.294. The first kappa shape index (κ1) is 16.5. The lowest BCUT2D eigenvalue weighted by molar-refractivity contribution is 0.527. The third kappa shape index (κ3) is 4.80. The molecule has 0 radical (unpaired) electrons. The Morgan fingerprint density at radius 2 is 2.05 bits per heavy atom. The molecule has 0 bridgehead atoms. The lowest BCUT2D eigenvalue weighted by atomic mass is 9.98. The third-order valence-corrected chi connectivity index (χ3v) is 4.10. The Hall–Kier alpha value is -0.900. The van der Waals surface area contributed by atoms with Gasteiger partial charge in [0, 0.05) is 10.5 Å². The quantitative estimate of drug-likeness (QED) is 0.705. The van der Waals surface area contributed by atoms with Gasteiger partial charge in [-0.25, -0.2) is 4.39 Å². The highest BCUT2D eigenvalue weighted by Crippen LogP contribution is 2.24. The molecule has 1 nitrogen and oxygen atoms in total. The van der Waals surface area contributed by atoms with Crippen molar-refractivity contribution in [2.24, 2.45) is 0 Å². The third-order valence-electron chi connectivity index (χ3n) is 3.32. The van der Waals surface area contributed by atoms with Crippen LogP contribution in [0.5, 0.6) is 0 Å². The Bertz CT molecular complexity index is 603. The Morgan fingerprint density at radius 1 is 1.24 bits per heavy atom. The molecule has 0 amide bonds. The molecule has 0 spiro atoms. The van der Waals surface area contributed by atoms with Gasteiger partial charge in [0.25, 0.3) is 0 Å². The fourth-order valence-electron chi connectivity index (χ4n) is 2.26. The molecule has 4 heteroatoms. The van der Waals surface area contributed by atoms with Crippen molar-refractivity contribution < 1.29 is 4.39 Å². The van der Waals surface area contributed by atoms with Crippen molar-refractivity contribution in [1.82, 2.24) is 5.32 Å². The summed E-state index contributed by atoms with van der Waals surface area (Å²) in [6.45, 7) is 3.04. The van der Waals surface area contributed by atoms with Gasteiger partial charge in [-0.05, 0) is 54.8 Å². The lowest BCUT2D eigenvalue weighted by Crippen LogP contribution is -2.24. The van der Waals surface area contributed by atoms with Gasteiger partial charge in [-0.1, -0.05) is 52.7 Å². The van der Waals surface area contributed by atoms with E-state index in [0.29, 0.717) is 0 Å². The van der Waals surface area contributed by atoms with Crippen molar-refractivity contribution in [3.63, 3.8) is 0 Å². The first-order valence-corrected chi connectivity index (χ1v) is 8.20. The summed E-state index contributed by atoms with van der Waals surface area (Å²) in [6, 6.07) is 13.3. The second-order valence-corrected chi connectivity index (χ2v) is 6.34. The van der Waals surface area contributed by atoms with Crippen LogP contribution < -0.4 is 5.32 Å². The van der Waals surface area contributed by atoms with Crippen LogP contribution in [-0.2, 0) is 6.42 Å². The van der Waals surface area contributed by atoms with E-state index in [1.165, 1.54) is 11.6 Å². The van der Waals surface area contributed by atoms with E-state index in [9.17, 15) is 4.39 Å². The zero-order valence-electron chi connectivity index (χ0n) is 11.9. The average Bonchev–Trinajstić information content (AvgIpc) is 2.46. The van der Waals surface area contributed by atoms with Crippen LogP contribution in [-0.4, -0.2) is 6.54 Å². The molecule has 1 N–H and O–H groups in total. The molecule has 0 aliphatic rings. The number of rotatable bonds is 6. The maximum Gasteiger partial charge on any atom is 0.141 e. The first-order valence-electron chi connectivity index (χ1n) is 7.03. The molecule has 0 aliphatic heterocycles. The fourth-order valence-corrected chi connectivity index (χ4v) is 2.89. The van der Waals surface area contributed by atoms with E-state index in [2.05, 4.69) is 40.3 Å². The van der Waals surface area contributed by atoms with E-state index < -0.39 is 0 Å². The van der Waals surface area contributed by atoms with E-state index in [4.69, 9.17) is 11.6 Å². The minimum Gasteiger partial charge on any atom is -0.310 e. The summed E-state index contributed by atoms with van der Waals surface area (Å²) in [6.07, 6.45) is 1.88. The molecule has 2 rings (SSSR count). The van der Waals surface area contributed by atoms with Crippen LogP contribution in [0.15, 0.2) is 46.9 Å². The maximum absolute atomic E-state index is 13.3. The van der Waals surface area contributed by atoms with Crippen LogP contribution in [0.25, 0.3) is 0 Å². The lowest BCUT2D eigenvalue weighted by Gasteiger charge is -2.20. The number of benzene rings is 2. The second-order valence-electron chi connectivity index (χ2n) is 5.01. The second kappa shape index (κ2) is 7.92. The number of halogens is 3. The molecular formula is C17H18BrClFN. The zero-order chi connectivity index (χ0) is 15.2. The van der Waals surface area contributed by atoms with Crippen LogP contribution in [0.1, 0.15) is 30.5 Å². The highest BCUT2D eigenvalue weighted by atomic mass is 79.9. The summed E-state index contributed by atoms with van der Waals surface area (Å²) in [5.74, 6) is -0.378. The van der Waals surface area contributed by atoms with Crippen molar-refractivity contribution in [2.75, 3.05) is 6.54 Å². The highest BCUT2D eigenvalue weighted by molar-refractivity contribution is 9.10. The standard InChI is InChI=1S/C17H18BrClFN/c1-2-8-21-17(10-12-4-3-5-14(18)9-12)13-6-7-16(20)15(19)11-13/h3-7,9,11,17,21H,2,8,10H2,1H3. The summed E-state index contributed by atoms with van der Waals surface area (Å²) in [5.41, 5.74) is 2.23. The van der Waals surface area contributed by atoms with Gasteiger partial charge in [0.2, 0.25) is 0 Å². The zero-order valence-corrected chi connectivity index (χ0v) is 14.2. The molecule has 21 heavy (non-hydrogen) atoms. The minimum atomic E-state index is -0.378. The Labute approximate surface area is 138 Å². The van der Waals surface area contributed by atoms with Gasteiger partial charge in [0.1, 0.15) is 5.82 Å². The van der Waals surface area contributed by atoms with Crippen molar-refractivity contribution in [2.45, 2.75) is 25.8 Å². The normalized spacial score (nSPS) is 12.4. The van der Waals surface area contributed by atoms with Crippen LogP contribution in [0.2, 0.25) is 5.02 Å². The van der Waals surface area contributed by atoms with Crippen LogP contribution in [0.3, 0.4) is 0 Å². The van der Waals surface area contributed by atoms with Gasteiger partial charge < -0.3 is 5.32 Å². The largest absolute Gasteiger partial charge is 0.310 e. The smallest absolute Gasteiger partial charge is 0.141 e. The van der Waals surface area contributed by atoms with Gasteiger partial charge in [0.05, 0.1) is 5.02 Å². The van der Waals surface area contributed by atoms with E-state index in [0.717, 1.165) is 29.4 Å². The van der Waals surface area contributed by atoms with Gasteiger partial charge in [0.15, 0.2) is 0 Å². The van der Waals surface area contributed by atoms with E-state index in [1.54, 1.807) is 12.1 Å². The number of nitrogens with one attached hydrogen (secondary N) is 1. The van der Waals surface area contributed by atoms with Crippen molar-refractivity contribution in [3.05, 3.63) is 68.9 Å². The molecule has 0 saturated carbocycles. The van der Waals surface area contributed by atoms with E-state index >= 15 is 0 Å². The van der Waals surface area contributed by atoms with E-state index in [-0.39, 0.29) is 16.9 Å². The van der Waals surface area contributed by atoms with Gasteiger partial charge in [-0.3, -0.25) is 0 Å². The topological polar surface area (TPSA) is 12.0 Å². The molecule has 112 valence electrons. The van der Waals surface area contributed by atoms with Crippen molar-refractivity contribution in [1.29, 1.82) is 0 Å². The number of hydrogen-bond donors (Lipinski definition) is 1. The van der Waals surface area contributed by atoms with Gasteiger partial charge >= 0.3 is 0 Å². The van der Waals surface area contributed by atoms with Gasteiger partial charge in [-0.2, -0.15) is 0 Å². The summed E-state index contributed by atoms with van der Waals surface area (Å²) >= 11 is 9.40. The van der Waals surface area contributed by atoms with Crippen LogP contribution in [0, 0.1) is 5.82 Å². The molecule has 1 atom stereocenters. The molecule has 0 aliphatic carbocycles. The summed E-state index contributed by atoms with van der Waals surface area (Å²) < 4.78 is 14.4. The highest BCUT2D eigenvalue weighted by Gasteiger charge is 2.13. The summed E-state index contributed by atoms with van der Waals surface area (Å²) in [7, 11) is 0. The Balaban J connectivity index is 2.22. The Morgan fingerprint density at radius 3 is 2.71 bits per heavy atom. The number of hydrogen-bond acceptors (Lipinski definition) is 1. The summed E-state index contributed by atoms with van der Waals surface area (Å²) in [5, 5.41) is 3.68. The van der Waals surface area contributed by atoms with Crippen LogP contribution in [0.4, 0.5) is 4.39 Å². The molecule has 2 aromatic carbocycles. The minimum absolute atomic E-state index is 0.123. The maximum atomic E-state index is 13.3. The van der Waals surface area contributed by atoms with Crippen LogP contribution >= 0.6 is 27.5 Å². The summed E-state index contributed by atoms with van der Waals surface area (Å²) in [4.78, 5) is 0. The molecule has 2 aromatic rings. The monoisotopic (exact) mass is 369 g/mol. The van der Waals surface area contributed by atoms with E-state index in [1.807, 2.05) is 12.1 Å². The molecule has 0 aromatic heterocycles. The predicted octanol–water partition coefficient (Wildman–Crippen LogP) is 5.53. The molecular weight excluding hydrogens is 353 g/mol. The molecule has 0 heterocycles. The molecule has 1 unspecified atom stereocenters. The Kier molecular flexibility index (Phi) is 6.22. The predicted molar refractivity (Wildman–Crippen MR) is 90.3 cm³/mol. The first-order chi connectivity index (χ1) is 10.1. The average molecular weight is 371 g/mol. The van der Waals surface area contributed by atoms with Crippen molar-refractivity contribution >= 4 is 27.5 Å². The van der Waals surface area contributed by atoms with Crippen molar-refractivity contribution in [3.8, 4) is 0 Å².